The van der Waals surface area contributed by atoms with Gasteiger partial charge in [0.1, 0.15) is 23.7 Å². The van der Waals surface area contributed by atoms with Gasteiger partial charge in [-0.3, -0.25) is 15.0 Å². The summed E-state index contributed by atoms with van der Waals surface area (Å²) < 4.78 is 20.3. The van der Waals surface area contributed by atoms with Crippen molar-refractivity contribution in [3.8, 4) is 5.75 Å². The molecule has 0 bridgehead atoms. The Morgan fingerprint density at radius 1 is 1.06 bits per heavy atom. The zero-order valence-electron chi connectivity index (χ0n) is 15.9. The maximum atomic E-state index is 14.0. The number of anilines is 1. The van der Waals surface area contributed by atoms with Gasteiger partial charge < -0.3 is 4.74 Å². The first-order valence-corrected chi connectivity index (χ1v) is 10.4. The number of carbonyl (C=O) groups excluding carboxylic acids is 2. The SMILES string of the molecule is O=C1NN(c2ccccc2)C(=O)/C1=C\c1cc(Cl)cc(Br)c1OCc1ccccc1F. The van der Waals surface area contributed by atoms with Gasteiger partial charge in [0, 0.05) is 16.1 Å². The molecule has 0 aliphatic carbocycles. The Kier molecular flexibility index (Phi) is 6.06. The summed E-state index contributed by atoms with van der Waals surface area (Å²) >= 11 is 9.57. The minimum atomic E-state index is -0.551. The number of hydrogen-bond donors (Lipinski definition) is 1. The summed E-state index contributed by atoms with van der Waals surface area (Å²) in [5.74, 6) is -1.12. The third-order valence-corrected chi connectivity index (χ3v) is 5.38. The molecule has 0 radical (unpaired) electrons. The lowest BCUT2D eigenvalue weighted by Crippen LogP contribution is -2.35. The molecule has 5 nitrogen and oxygen atoms in total. The van der Waals surface area contributed by atoms with Crippen LogP contribution in [0.5, 0.6) is 5.75 Å². The molecule has 1 fully saturated rings. The normalized spacial score (nSPS) is 14.8. The molecule has 1 N–H and O–H groups in total. The van der Waals surface area contributed by atoms with E-state index in [0.717, 1.165) is 0 Å². The summed E-state index contributed by atoms with van der Waals surface area (Å²) in [4.78, 5) is 25.4. The molecule has 3 aromatic carbocycles. The highest BCUT2D eigenvalue weighted by atomic mass is 79.9. The molecule has 0 aromatic heterocycles. The van der Waals surface area contributed by atoms with E-state index in [1.54, 1.807) is 54.6 Å². The first kappa shape index (κ1) is 21.1. The van der Waals surface area contributed by atoms with Crippen LogP contribution in [0.15, 0.2) is 76.8 Å². The van der Waals surface area contributed by atoms with E-state index in [-0.39, 0.29) is 12.2 Å². The molecule has 4 rings (SSSR count). The van der Waals surface area contributed by atoms with Crippen molar-refractivity contribution in [2.75, 3.05) is 5.01 Å². The van der Waals surface area contributed by atoms with Gasteiger partial charge >= 0.3 is 0 Å². The average molecular weight is 502 g/mol. The van der Waals surface area contributed by atoms with Crippen molar-refractivity contribution in [1.29, 1.82) is 0 Å². The second kappa shape index (κ2) is 8.91. The number of ether oxygens (including phenoxy) is 1. The van der Waals surface area contributed by atoms with Crippen LogP contribution in [0.25, 0.3) is 6.08 Å². The fourth-order valence-electron chi connectivity index (χ4n) is 3.08. The lowest BCUT2D eigenvalue weighted by atomic mass is 10.1. The van der Waals surface area contributed by atoms with Gasteiger partial charge in [-0.2, -0.15) is 0 Å². The highest BCUT2D eigenvalue weighted by molar-refractivity contribution is 9.10. The number of hydrazine groups is 1. The van der Waals surface area contributed by atoms with Gasteiger partial charge in [-0.25, -0.2) is 9.40 Å². The van der Waals surface area contributed by atoms with Crippen LogP contribution >= 0.6 is 27.5 Å². The standard InChI is InChI=1S/C23H15BrClFN2O3/c24-19-12-16(25)10-15(21(19)31-13-14-6-4-5-9-20(14)26)11-18-22(29)27-28(23(18)30)17-7-2-1-3-8-17/h1-12H,13H2,(H,27,29)/b18-11-. The summed E-state index contributed by atoms with van der Waals surface area (Å²) in [6, 6.07) is 18.2. The smallest absolute Gasteiger partial charge is 0.282 e. The van der Waals surface area contributed by atoms with Gasteiger partial charge in [0.25, 0.3) is 11.8 Å². The first-order chi connectivity index (χ1) is 14.9. The highest BCUT2D eigenvalue weighted by Crippen LogP contribution is 2.35. The van der Waals surface area contributed by atoms with Gasteiger partial charge in [0.15, 0.2) is 0 Å². The number of nitrogens with zero attached hydrogens (tertiary/aromatic N) is 1. The van der Waals surface area contributed by atoms with Crippen molar-refractivity contribution >= 4 is 51.1 Å². The zero-order valence-corrected chi connectivity index (χ0v) is 18.3. The van der Waals surface area contributed by atoms with Crippen LogP contribution in [-0.2, 0) is 16.2 Å². The Hall–Kier alpha value is -3.16. The Morgan fingerprint density at radius 2 is 1.77 bits per heavy atom. The Balaban J connectivity index is 1.67. The Labute approximate surface area is 191 Å². The summed E-state index contributed by atoms with van der Waals surface area (Å²) in [5, 5.41) is 1.55. The molecule has 31 heavy (non-hydrogen) atoms. The molecule has 2 amide bonds. The van der Waals surface area contributed by atoms with Crippen molar-refractivity contribution in [2.24, 2.45) is 0 Å². The van der Waals surface area contributed by atoms with Crippen molar-refractivity contribution in [2.45, 2.75) is 6.61 Å². The second-order valence-electron chi connectivity index (χ2n) is 6.66. The molecule has 1 aliphatic heterocycles. The van der Waals surface area contributed by atoms with Crippen LogP contribution < -0.4 is 15.2 Å². The van der Waals surface area contributed by atoms with Crippen LogP contribution in [-0.4, -0.2) is 11.8 Å². The minimum Gasteiger partial charge on any atom is -0.487 e. The van der Waals surface area contributed by atoms with E-state index in [0.29, 0.717) is 32.1 Å². The zero-order chi connectivity index (χ0) is 22.0. The number of hydrogen-bond acceptors (Lipinski definition) is 3. The Morgan fingerprint density at radius 3 is 2.52 bits per heavy atom. The number of amides is 2. The van der Waals surface area contributed by atoms with Crippen LogP contribution in [0.1, 0.15) is 11.1 Å². The molecule has 0 spiro atoms. The van der Waals surface area contributed by atoms with Crippen molar-refractivity contribution in [1.82, 2.24) is 5.43 Å². The summed E-state index contributed by atoms with van der Waals surface area (Å²) in [6.07, 6.45) is 1.41. The van der Waals surface area contributed by atoms with Crippen LogP contribution in [0.2, 0.25) is 5.02 Å². The van der Waals surface area contributed by atoms with Crippen molar-refractivity contribution in [3.05, 3.63) is 98.7 Å². The summed E-state index contributed by atoms with van der Waals surface area (Å²) in [6.45, 7) is -0.0423. The minimum absolute atomic E-state index is 0.0423. The van der Waals surface area contributed by atoms with Gasteiger partial charge in [-0.1, -0.05) is 48.0 Å². The Bertz CT molecular complexity index is 1200. The van der Waals surface area contributed by atoms with Crippen LogP contribution in [0.4, 0.5) is 10.1 Å². The lowest BCUT2D eigenvalue weighted by molar-refractivity contribution is -0.117. The summed E-state index contributed by atoms with van der Waals surface area (Å²) in [5.41, 5.74) is 3.78. The topological polar surface area (TPSA) is 58.6 Å². The third kappa shape index (κ3) is 4.47. The van der Waals surface area contributed by atoms with Gasteiger partial charge in [0.2, 0.25) is 0 Å². The first-order valence-electron chi connectivity index (χ1n) is 9.21. The van der Waals surface area contributed by atoms with E-state index in [4.69, 9.17) is 16.3 Å². The van der Waals surface area contributed by atoms with Crippen LogP contribution in [0, 0.1) is 5.82 Å². The maximum Gasteiger partial charge on any atom is 0.282 e. The van der Waals surface area contributed by atoms with Crippen molar-refractivity contribution < 1.29 is 18.7 Å². The van der Waals surface area contributed by atoms with E-state index < -0.39 is 17.6 Å². The van der Waals surface area contributed by atoms with Crippen molar-refractivity contribution in [3.63, 3.8) is 0 Å². The third-order valence-electron chi connectivity index (χ3n) is 4.57. The number of nitrogens with one attached hydrogen (secondary N) is 1. The van der Waals surface area contributed by atoms with Gasteiger partial charge in [-0.15, -0.1) is 0 Å². The van der Waals surface area contributed by atoms with Gasteiger partial charge in [-0.05, 0) is 52.3 Å². The number of halogens is 3. The number of carbonyl (C=O) groups is 2. The molecule has 0 atom stereocenters. The average Bonchev–Trinajstić information content (AvgIpc) is 3.03. The van der Waals surface area contributed by atoms with Crippen LogP contribution in [0.3, 0.4) is 0 Å². The predicted octanol–water partition coefficient (Wildman–Crippen LogP) is 5.28. The lowest BCUT2D eigenvalue weighted by Gasteiger charge is -2.14. The molecule has 156 valence electrons. The number of benzene rings is 3. The monoisotopic (exact) mass is 500 g/mol. The summed E-state index contributed by atoms with van der Waals surface area (Å²) in [7, 11) is 0. The second-order valence-corrected chi connectivity index (χ2v) is 7.95. The molecule has 1 aliphatic rings. The van der Waals surface area contributed by atoms with E-state index in [1.807, 2.05) is 6.07 Å². The highest BCUT2D eigenvalue weighted by Gasteiger charge is 2.34. The predicted molar refractivity (Wildman–Crippen MR) is 120 cm³/mol. The van der Waals surface area contributed by atoms with Gasteiger partial charge in [0.05, 0.1) is 10.2 Å². The molecular formula is C23H15BrClFN2O3. The number of para-hydroxylation sites is 1. The molecule has 3 aromatic rings. The molecular weight excluding hydrogens is 487 g/mol. The van der Waals surface area contributed by atoms with E-state index >= 15 is 0 Å². The molecule has 1 saturated heterocycles. The molecule has 1 heterocycles. The largest absolute Gasteiger partial charge is 0.487 e. The van der Waals surface area contributed by atoms with E-state index in [9.17, 15) is 14.0 Å². The fourth-order valence-corrected chi connectivity index (χ4v) is 4.03. The molecule has 0 unspecified atom stereocenters. The van der Waals surface area contributed by atoms with E-state index in [1.165, 1.54) is 17.2 Å². The molecule has 0 saturated carbocycles. The quantitative estimate of drug-likeness (QED) is 0.382. The maximum absolute atomic E-state index is 14.0. The fraction of sp³-hybridized carbons (Fsp3) is 0.0435. The molecule has 8 heteroatoms. The number of rotatable bonds is 5. The van der Waals surface area contributed by atoms with E-state index in [2.05, 4.69) is 21.4 Å².